The molecule has 1 fully saturated rings. The van der Waals surface area contributed by atoms with E-state index >= 15 is 0 Å². The molecule has 0 radical (unpaired) electrons. The number of benzene rings is 1. The molecule has 2 N–H and O–H groups in total. The van der Waals surface area contributed by atoms with Crippen LogP contribution in [0.2, 0.25) is 0 Å². The smallest absolute Gasteiger partial charge is 0.226 e. The van der Waals surface area contributed by atoms with Crippen LogP contribution in [0.3, 0.4) is 0 Å². The Morgan fingerprint density at radius 1 is 1.07 bits per heavy atom. The van der Waals surface area contributed by atoms with Gasteiger partial charge in [-0.2, -0.15) is 0 Å². The molecule has 0 unspecified atom stereocenters. The number of hydrogen-bond acceptors (Lipinski definition) is 4. The van der Waals surface area contributed by atoms with E-state index in [-0.39, 0.29) is 5.91 Å². The summed E-state index contributed by atoms with van der Waals surface area (Å²) in [6.07, 6.45) is 4.65. The molecule has 1 aliphatic heterocycles. The average Bonchev–Trinajstić information content (AvgIpc) is 3.18. The van der Waals surface area contributed by atoms with Crippen molar-refractivity contribution >= 4 is 23.2 Å². The molecule has 3 aromatic rings. The van der Waals surface area contributed by atoms with Crippen molar-refractivity contribution in [3.8, 4) is 0 Å². The van der Waals surface area contributed by atoms with Crippen molar-refractivity contribution in [1.29, 1.82) is 0 Å². The van der Waals surface area contributed by atoms with Crippen molar-refractivity contribution in [3.05, 3.63) is 60.0 Å². The second kappa shape index (κ2) is 8.72. The van der Waals surface area contributed by atoms with Crippen LogP contribution < -0.4 is 15.5 Å². The number of aromatic nitrogens is 3. The number of rotatable bonds is 5. The summed E-state index contributed by atoms with van der Waals surface area (Å²) >= 11 is 0. The van der Waals surface area contributed by atoms with E-state index in [1.165, 1.54) is 0 Å². The van der Waals surface area contributed by atoms with Crippen LogP contribution in [-0.2, 0) is 17.9 Å². The van der Waals surface area contributed by atoms with Gasteiger partial charge in [-0.25, -0.2) is 0 Å². The van der Waals surface area contributed by atoms with Gasteiger partial charge in [-0.3, -0.25) is 14.2 Å². The average molecular weight is 391 g/mol. The van der Waals surface area contributed by atoms with Crippen LogP contribution >= 0.6 is 0 Å². The molecule has 1 saturated heterocycles. The second-order valence-corrected chi connectivity index (χ2v) is 6.99. The Morgan fingerprint density at radius 3 is 2.69 bits per heavy atom. The molecule has 8 heteroatoms. The van der Waals surface area contributed by atoms with Crippen LogP contribution in [0.4, 0.5) is 5.69 Å². The van der Waals surface area contributed by atoms with Crippen molar-refractivity contribution in [2.75, 3.05) is 18.5 Å². The maximum absolute atomic E-state index is 12.1. The number of aliphatic imine (C=N–C) groups is 1. The van der Waals surface area contributed by atoms with Gasteiger partial charge in [0.25, 0.3) is 0 Å². The fourth-order valence-electron chi connectivity index (χ4n) is 3.45. The molecule has 2 aromatic heterocycles. The highest BCUT2D eigenvalue weighted by atomic mass is 16.2. The highest BCUT2D eigenvalue weighted by Gasteiger charge is 2.19. The number of guanidine groups is 1. The summed E-state index contributed by atoms with van der Waals surface area (Å²) < 4.78 is 1.95. The number of piperidine rings is 1. The van der Waals surface area contributed by atoms with E-state index in [0.717, 1.165) is 42.1 Å². The minimum atomic E-state index is 0.215. The zero-order valence-corrected chi connectivity index (χ0v) is 16.5. The number of hydrogen-bond donors (Lipinski definition) is 2. The standard InChI is InChI=1S/C21H25N7O/c1-22-21(24-15-19-26-25-18-6-2-4-13-28(18)19)23-14-16-8-10-17(11-9-16)27-12-5-3-7-20(27)29/h2,4,6,8-11,13H,3,5,7,12,14-15H2,1H3,(H2,22,23,24). The Bertz CT molecular complexity index is 1010. The van der Waals surface area contributed by atoms with Gasteiger partial charge in [0.15, 0.2) is 17.4 Å². The number of carbonyl (C=O) groups excluding carboxylic acids is 1. The first-order valence-electron chi connectivity index (χ1n) is 9.87. The fourth-order valence-corrected chi connectivity index (χ4v) is 3.45. The normalized spacial score (nSPS) is 15.0. The quantitative estimate of drug-likeness (QED) is 0.514. The predicted octanol–water partition coefficient (Wildman–Crippen LogP) is 2.11. The lowest BCUT2D eigenvalue weighted by Gasteiger charge is -2.26. The Balaban J connectivity index is 1.32. The van der Waals surface area contributed by atoms with E-state index in [2.05, 4.69) is 25.8 Å². The molecule has 0 aliphatic carbocycles. The molecule has 150 valence electrons. The van der Waals surface area contributed by atoms with Gasteiger partial charge in [0, 0.05) is 38.4 Å². The summed E-state index contributed by atoms with van der Waals surface area (Å²) in [5.41, 5.74) is 2.91. The minimum absolute atomic E-state index is 0.215. The van der Waals surface area contributed by atoms with Crippen LogP contribution in [-0.4, -0.2) is 40.1 Å². The zero-order valence-electron chi connectivity index (χ0n) is 16.5. The zero-order chi connectivity index (χ0) is 20.1. The Kier molecular flexibility index (Phi) is 5.69. The summed E-state index contributed by atoms with van der Waals surface area (Å²) in [4.78, 5) is 18.2. The minimum Gasteiger partial charge on any atom is -0.352 e. The lowest BCUT2D eigenvalue weighted by molar-refractivity contribution is -0.119. The van der Waals surface area contributed by atoms with E-state index < -0.39 is 0 Å². The summed E-state index contributed by atoms with van der Waals surface area (Å²) in [6.45, 7) is 1.96. The van der Waals surface area contributed by atoms with Crippen LogP contribution in [0.15, 0.2) is 53.7 Å². The molecule has 1 amide bonds. The molecule has 4 rings (SSSR count). The summed E-state index contributed by atoms with van der Waals surface area (Å²) in [6, 6.07) is 13.9. The predicted molar refractivity (Wildman–Crippen MR) is 113 cm³/mol. The van der Waals surface area contributed by atoms with Gasteiger partial charge in [0.1, 0.15) is 0 Å². The number of fused-ring (bicyclic) bond motifs is 1. The van der Waals surface area contributed by atoms with Gasteiger partial charge in [-0.05, 0) is 42.7 Å². The molecule has 0 bridgehead atoms. The molecule has 0 atom stereocenters. The molecule has 0 saturated carbocycles. The van der Waals surface area contributed by atoms with Crippen molar-refractivity contribution < 1.29 is 4.79 Å². The molecular formula is C21H25N7O. The molecule has 8 nitrogen and oxygen atoms in total. The van der Waals surface area contributed by atoms with E-state index in [1.54, 1.807) is 7.05 Å². The highest BCUT2D eigenvalue weighted by molar-refractivity contribution is 5.93. The maximum Gasteiger partial charge on any atom is 0.226 e. The second-order valence-electron chi connectivity index (χ2n) is 6.99. The van der Waals surface area contributed by atoms with Gasteiger partial charge in [-0.1, -0.05) is 18.2 Å². The van der Waals surface area contributed by atoms with E-state index in [0.29, 0.717) is 25.5 Å². The van der Waals surface area contributed by atoms with Crippen LogP contribution in [0.5, 0.6) is 0 Å². The number of pyridine rings is 1. The third-order valence-corrected chi connectivity index (χ3v) is 5.05. The van der Waals surface area contributed by atoms with Crippen molar-refractivity contribution in [3.63, 3.8) is 0 Å². The van der Waals surface area contributed by atoms with Gasteiger partial charge in [-0.15, -0.1) is 10.2 Å². The molecule has 1 aliphatic rings. The molecular weight excluding hydrogens is 366 g/mol. The van der Waals surface area contributed by atoms with Crippen molar-refractivity contribution in [2.45, 2.75) is 32.4 Å². The molecule has 3 heterocycles. The first-order valence-corrected chi connectivity index (χ1v) is 9.87. The van der Waals surface area contributed by atoms with E-state index in [1.807, 2.05) is 58.0 Å². The lowest BCUT2D eigenvalue weighted by Crippen LogP contribution is -2.37. The van der Waals surface area contributed by atoms with Crippen LogP contribution in [0.1, 0.15) is 30.7 Å². The first-order chi connectivity index (χ1) is 14.2. The van der Waals surface area contributed by atoms with Crippen molar-refractivity contribution in [2.24, 2.45) is 4.99 Å². The SMILES string of the molecule is CN=C(NCc1ccc(N2CCCCC2=O)cc1)NCc1nnc2ccccn12. The molecule has 0 spiro atoms. The molecule has 1 aromatic carbocycles. The van der Waals surface area contributed by atoms with Crippen LogP contribution in [0, 0.1) is 0 Å². The van der Waals surface area contributed by atoms with E-state index in [4.69, 9.17) is 0 Å². The van der Waals surface area contributed by atoms with E-state index in [9.17, 15) is 4.79 Å². The maximum atomic E-state index is 12.1. The van der Waals surface area contributed by atoms with Gasteiger partial charge < -0.3 is 15.5 Å². The lowest BCUT2D eigenvalue weighted by atomic mass is 10.1. The van der Waals surface area contributed by atoms with Crippen LogP contribution in [0.25, 0.3) is 5.65 Å². The Hall–Kier alpha value is -3.42. The summed E-state index contributed by atoms with van der Waals surface area (Å²) in [7, 11) is 1.74. The molecule has 29 heavy (non-hydrogen) atoms. The Labute approximate surface area is 169 Å². The number of carbonyl (C=O) groups is 1. The fraction of sp³-hybridized carbons (Fsp3) is 0.333. The third kappa shape index (κ3) is 4.37. The van der Waals surface area contributed by atoms with Crippen molar-refractivity contribution in [1.82, 2.24) is 25.2 Å². The number of amides is 1. The topological polar surface area (TPSA) is 86.9 Å². The van der Waals surface area contributed by atoms with Gasteiger partial charge in [0.05, 0.1) is 6.54 Å². The number of nitrogens with one attached hydrogen (secondary N) is 2. The highest BCUT2D eigenvalue weighted by Crippen LogP contribution is 2.21. The summed E-state index contributed by atoms with van der Waals surface area (Å²) in [5.74, 6) is 1.72. The summed E-state index contributed by atoms with van der Waals surface area (Å²) in [5, 5.41) is 14.9. The largest absolute Gasteiger partial charge is 0.352 e. The monoisotopic (exact) mass is 391 g/mol. The van der Waals surface area contributed by atoms with Gasteiger partial charge in [0.2, 0.25) is 5.91 Å². The number of anilines is 1. The third-order valence-electron chi connectivity index (χ3n) is 5.05. The number of nitrogens with zero attached hydrogens (tertiary/aromatic N) is 5. The Morgan fingerprint density at radius 2 is 1.90 bits per heavy atom. The van der Waals surface area contributed by atoms with Gasteiger partial charge >= 0.3 is 0 Å². The first kappa shape index (κ1) is 18.9.